The summed E-state index contributed by atoms with van der Waals surface area (Å²) >= 11 is 0. The molecule has 28 heavy (non-hydrogen) atoms. The molecule has 2 rings (SSSR count). The number of carbonyl (C=O) groups is 3. The molecule has 0 unspecified atom stereocenters. The highest BCUT2D eigenvalue weighted by molar-refractivity contribution is 6.18. The van der Waals surface area contributed by atoms with E-state index in [1.165, 1.54) is 7.11 Å². The van der Waals surface area contributed by atoms with E-state index in [9.17, 15) is 14.4 Å². The van der Waals surface area contributed by atoms with Gasteiger partial charge in [0, 0.05) is 6.07 Å². The second kappa shape index (κ2) is 7.81. The molecule has 0 bridgehead atoms. The number of amides is 2. The van der Waals surface area contributed by atoms with Gasteiger partial charge in [0.15, 0.2) is 0 Å². The lowest BCUT2D eigenvalue weighted by Crippen LogP contribution is -2.46. The molecule has 1 aliphatic rings. The van der Waals surface area contributed by atoms with Gasteiger partial charge < -0.3 is 14.2 Å². The third kappa shape index (κ3) is 5.24. The van der Waals surface area contributed by atoms with Crippen LogP contribution in [0.25, 0.3) is 0 Å². The zero-order valence-electron chi connectivity index (χ0n) is 17.6. The van der Waals surface area contributed by atoms with Gasteiger partial charge in [0.2, 0.25) is 0 Å². The van der Waals surface area contributed by atoms with Crippen LogP contribution < -0.4 is 9.64 Å². The zero-order chi connectivity index (χ0) is 21.3. The van der Waals surface area contributed by atoms with E-state index in [1.54, 1.807) is 59.7 Å². The molecular formula is C21H29NO6. The molecule has 0 saturated carbocycles. The number of hydrogen-bond donors (Lipinski definition) is 0. The molecule has 1 aromatic carbocycles. The Morgan fingerprint density at radius 1 is 1.04 bits per heavy atom. The van der Waals surface area contributed by atoms with Crippen LogP contribution in [0.1, 0.15) is 53.5 Å². The summed E-state index contributed by atoms with van der Waals surface area (Å²) in [7, 11) is 1.50. The summed E-state index contributed by atoms with van der Waals surface area (Å²) in [5.41, 5.74) is -0.420. The minimum absolute atomic E-state index is 0.242. The summed E-state index contributed by atoms with van der Waals surface area (Å²) in [4.78, 5) is 39.7. The van der Waals surface area contributed by atoms with E-state index in [1.807, 2.05) is 0 Å². The van der Waals surface area contributed by atoms with E-state index in [-0.39, 0.29) is 6.42 Å². The van der Waals surface area contributed by atoms with Crippen LogP contribution in [0.2, 0.25) is 0 Å². The van der Waals surface area contributed by atoms with E-state index in [0.717, 1.165) is 10.5 Å². The predicted octanol–water partition coefficient (Wildman–Crippen LogP) is 3.87. The van der Waals surface area contributed by atoms with Crippen molar-refractivity contribution in [2.24, 2.45) is 5.92 Å². The molecule has 0 N–H and O–H groups in total. The lowest BCUT2D eigenvalue weighted by atomic mass is 10.00. The number of rotatable bonds is 2. The van der Waals surface area contributed by atoms with Gasteiger partial charge in [-0.1, -0.05) is 6.07 Å². The summed E-state index contributed by atoms with van der Waals surface area (Å²) in [5.74, 6) is -1.90. The third-order valence-corrected chi connectivity index (χ3v) is 4.02. The maximum Gasteiger partial charge on any atom is 0.421 e. The van der Waals surface area contributed by atoms with Crippen molar-refractivity contribution in [1.82, 2.24) is 0 Å². The highest BCUT2D eigenvalue weighted by atomic mass is 16.6. The standard InChI is InChI=1S/C21H29NO6/c1-20(2,3)27-18(24)15-11-9-13-8-10-14(26-7)12-16(13)22(17(15)23)19(25)28-21(4,5)6/h8,10,12,15H,9,11H2,1-7H3/t15-/m0/s1. The van der Waals surface area contributed by atoms with Crippen LogP contribution in [-0.4, -0.2) is 36.3 Å². The fraction of sp³-hybridized carbons (Fsp3) is 0.571. The molecule has 1 aliphatic heterocycles. The molecule has 0 fully saturated rings. The van der Waals surface area contributed by atoms with Gasteiger partial charge in [0.1, 0.15) is 22.9 Å². The number of benzene rings is 1. The normalized spacial score (nSPS) is 17.5. The first kappa shape index (κ1) is 21.7. The van der Waals surface area contributed by atoms with Crippen molar-refractivity contribution in [3.05, 3.63) is 23.8 Å². The van der Waals surface area contributed by atoms with Crippen LogP contribution in [0, 0.1) is 5.92 Å². The summed E-state index contributed by atoms with van der Waals surface area (Å²) < 4.78 is 16.1. The van der Waals surface area contributed by atoms with Gasteiger partial charge in [-0.05, 0) is 66.0 Å². The van der Waals surface area contributed by atoms with Crippen LogP contribution in [-0.2, 0) is 25.5 Å². The lowest BCUT2D eigenvalue weighted by Gasteiger charge is -2.28. The smallest absolute Gasteiger partial charge is 0.421 e. The van der Waals surface area contributed by atoms with Crippen molar-refractivity contribution in [3.8, 4) is 5.75 Å². The summed E-state index contributed by atoms with van der Waals surface area (Å²) in [6.07, 6.45) is -0.150. The monoisotopic (exact) mass is 391 g/mol. The van der Waals surface area contributed by atoms with E-state index < -0.39 is 35.1 Å². The van der Waals surface area contributed by atoms with Gasteiger partial charge >= 0.3 is 12.1 Å². The number of ether oxygens (including phenoxy) is 3. The average molecular weight is 391 g/mol. The average Bonchev–Trinajstić information content (AvgIpc) is 2.66. The molecule has 154 valence electrons. The number of nitrogens with zero attached hydrogens (tertiary/aromatic N) is 1. The first-order valence-corrected chi connectivity index (χ1v) is 9.29. The van der Waals surface area contributed by atoms with E-state index in [0.29, 0.717) is 17.9 Å². The summed E-state index contributed by atoms with van der Waals surface area (Å²) in [6, 6.07) is 5.15. The maximum absolute atomic E-state index is 13.2. The van der Waals surface area contributed by atoms with Crippen molar-refractivity contribution >= 4 is 23.7 Å². The first-order valence-electron chi connectivity index (χ1n) is 9.29. The van der Waals surface area contributed by atoms with Crippen molar-refractivity contribution in [1.29, 1.82) is 0 Å². The molecule has 1 heterocycles. The number of imide groups is 1. The number of anilines is 1. The zero-order valence-corrected chi connectivity index (χ0v) is 17.6. The van der Waals surface area contributed by atoms with Crippen LogP contribution in [0.5, 0.6) is 5.75 Å². The van der Waals surface area contributed by atoms with Crippen molar-refractivity contribution in [2.45, 2.75) is 65.6 Å². The highest BCUT2D eigenvalue weighted by Crippen LogP contribution is 2.34. The molecule has 7 nitrogen and oxygen atoms in total. The topological polar surface area (TPSA) is 82.1 Å². The second-order valence-electron chi connectivity index (χ2n) is 8.77. The minimum atomic E-state index is -1.09. The van der Waals surface area contributed by atoms with E-state index >= 15 is 0 Å². The fourth-order valence-electron chi connectivity index (χ4n) is 2.88. The van der Waals surface area contributed by atoms with Crippen LogP contribution in [0.4, 0.5) is 10.5 Å². The number of carbonyl (C=O) groups excluding carboxylic acids is 3. The molecule has 0 saturated heterocycles. The molecule has 0 radical (unpaired) electrons. The fourth-order valence-corrected chi connectivity index (χ4v) is 2.88. The van der Waals surface area contributed by atoms with Gasteiger partial charge in [-0.25, -0.2) is 9.69 Å². The quantitative estimate of drug-likeness (QED) is 0.562. The molecule has 0 aromatic heterocycles. The van der Waals surface area contributed by atoms with Crippen LogP contribution in [0.15, 0.2) is 18.2 Å². The Bertz CT molecular complexity index is 772. The van der Waals surface area contributed by atoms with Gasteiger partial charge in [-0.2, -0.15) is 0 Å². The lowest BCUT2D eigenvalue weighted by molar-refractivity contribution is -0.162. The molecule has 1 aromatic rings. The predicted molar refractivity (Wildman–Crippen MR) is 104 cm³/mol. The largest absolute Gasteiger partial charge is 0.497 e. The van der Waals surface area contributed by atoms with Crippen LogP contribution >= 0.6 is 0 Å². The first-order chi connectivity index (χ1) is 12.8. The molecule has 0 spiro atoms. The van der Waals surface area contributed by atoms with Gasteiger partial charge in [0.25, 0.3) is 5.91 Å². The summed E-state index contributed by atoms with van der Waals surface area (Å²) in [6.45, 7) is 10.3. The van der Waals surface area contributed by atoms with Crippen molar-refractivity contribution < 1.29 is 28.6 Å². The Hall–Kier alpha value is -2.57. The highest BCUT2D eigenvalue weighted by Gasteiger charge is 2.42. The Labute approximate surface area is 165 Å². The van der Waals surface area contributed by atoms with E-state index in [2.05, 4.69) is 0 Å². The maximum atomic E-state index is 13.2. The van der Waals surface area contributed by atoms with Gasteiger partial charge in [0.05, 0.1) is 12.8 Å². The number of fused-ring (bicyclic) bond motifs is 1. The minimum Gasteiger partial charge on any atom is -0.497 e. The molecule has 2 amide bonds. The van der Waals surface area contributed by atoms with E-state index in [4.69, 9.17) is 14.2 Å². The number of esters is 1. The number of aryl methyl sites for hydroxylation is 1. The van der Waals surface area contributed by atoms with Crippen molar-refractivity contribution in [2.75, 3.05) is 12.0 Å². The Morgan fingerprint density at radius 2 is 1.64 bits per heavy atom. The summed E-state index contributed by atoms with van der Waals surface area (Å²) in [5, 5.41) is 0. The second-order valence-corrected chi connectivity index (χ2v) is 8.77. The van der Waals surface area contributed by atoms with Crippen LogP contribution in [0.3, 0.4) is 0 Å². The Balaban J connectivity index is 2.49. The molecule has 7 heteroatoms. The van der Waals surface area contributed by atoms with Gasteiger partial charge in [-0.15, -0.1) is 0 Å². The molecule has 0 aliphatic carbocycles. The Morgan fingerprint density at radius 3 is 2.18 bits per heavy atom. The Kier molecular flexibility index (Phi) is 6.06. The molecular weight excluding hydrogens is 362 g/mol. The van der Waals surface area contributed by atoms with Crippen molar-refractivity contribution in [3.63, 3.8) is 0 Å². The molecule has 1 atom stereocenters. The number of methoxy groups -OCH3 is 1. The SMILES string of the molecule is COc1ccc2c(c1)N(C(=O)OC(C)(C)C)C(=O)[C@@H](C(=O)OC(C)(C)C)CC2. The third-order valence-electron chi connectivity index (χ3n) is 4.02. The number of hydrogen-bond acceptors (Lipinski definition) is 6. The van der Waals surface area contributed by atoms with Gasteiger partial charge in [-0.3, -0.25) is 9.59 Å².